The fraction of sp³-hybridized carbons (Fsp3) is 0.167. The molecule has 1 aromatic carbocycles. The fourth-order valence-corrected chi connectivity index (χ4v) is 2.30. The maximum absolute atomic E-state index is 6.20. The minimum absolute atomic E-state index is 0.448. The second-order valence-corrected chi connectivity index (χ2v) is 4.55. The number of hydrogen-bond donors (Lipinski definition) is 1. The van der Waals surface area contributed by atoms with Crippen LogP contribution in [0.25, 0.3) is 11.0 Å². The van der Waals surface area contributed by atoms with Gasteiger partial charge in [0.2, 0.25) is 5.95 Å². The predicted octanol–water partition coefficient (Wildman–Crippen LogP) is 2.05. The van der Waals surface area contributed by atoms with Gasteiger partial charge in [-0.1, -0.05) is 17.7 Å². The highest BCUT2D eigenvalue weighted by molar-refractivity contribution is 6.35. The summed E-state index contributed by atoms with van der Waals surface area (Å²) in [5.41, 5.74) is 8.51. The average Bonchev–Trinajstić information content (AvgIpc) is 2.85. The molecule has 0 saturated heterocycles. The van der Waals surface area contributed by atoms with Crippen LogP contribution >= 0.6 is 11.6 Å². The summed E-state index contributed by atoms with van der Waals surface area (Å²) in [5.74, 6) is 0.448. The van der Waals surface area contributed by atoms with E-state index in [-0.39, 0.29) is 0 Å². The van der Waals surface area contributed by atoms with Crippen LogP contribution in [0.4, 0.5) is 5.95 Å². The standard InChI is InChI=1S/C12H12ClN5/c1-17-6-5-8(16-17)7-18-11-9(13)3-2-4-10(11)15-12(18)14/h2-6H,7H2,1H3,(H2,14,15). The van der Waals surface area contributed by atoms with Crippen LogP contribution in [0.15, 0.2) is 30.5 Å². The Morgan fingerprint density at radius 1 is 1.33 bits per heavy atom. The number of nitrogen functional groups attached to an aromatic ring is 1. The molecule has 92 valence electrons. The van der Waals surface area contributed by atoms with Crippen LogP contribution in [-0.4, -0.2) is 19.3 Å². The molecule has 2 N–H and O–H groups in total. The molecule has 0 spiro atoms. The number of halogens is 1. The molecule has 0 atom stereocenters. The van der Waals surface area contributed by atoms with Crippen LogP contribution in [0, 0.1) is 0 Å². The summed E-state index contributed by atoms with van der Waals surface area (Å²) in [5, 5.41) is 4.98. The van der Waals surface area contributed by atoms with Gasteiger partial charge in [-0.2, -0.15) is 5.10 Å². The smallest absolute Gasteiger partial charge is 0.201 e. The summed E-state index contributed by atoms with van der Waals surface area (Å²) in [7, 11) is 1.88. The molecule has 18 heavy (non-hydrogen) atoms. The van der Waals surface area contributed by atoms with Crippen LogP contribution in [0.5, 0.6) is 0 Å². The van der Waals surface area contributed by atoms with E-state index in [9.17, 15) is 0 Å². The first-order valence-electron chi connectivity index (χ1n) is 5.54. The van der Waals surface area contributed by atoms with E-state index >= 15 is 0 Å². The Labute approximate surface area is 109 Å². The van der Waals surface area contributed by atoms with Crippen LogP contribution in [0.1, 0.15) is 5.69 Å². The van der Waals surface area contributed by atoms with Crippen LogP contribution in [0.3, 0.4) is 0 Å². The number of nitrogens with two attached hydrogens (primary N) is 1. The van der Waals surface area contributed by atoms with Gasteiger partial charge in [-0.3, -0.25) is 4.68 Å². The van der Waals surface area contributed by atoms with E-state index in [1.165, 1.54) is 0 Å². The first kappa shape index (κ1) is 11.1. The monoisotopic (exact) mass is 261 g/mol. The number of hydrogen-bond acceptors (Lipinski definition) is 3. The lowest BCUT2D eigenvalue weighted by molar-refractivity contribution is 0.717. The summed E-state index contributed by atoms with van der Waals surface area (Å²) in [6, 6.07) is 7.54. The lowest BCUT2D eigenvalue weighted by Gasteiger charge is -2.05. The molecular weight excluding hydrogens is 250 g/mol. The molecule has 5 nitrogen and oxygen atoms in total. The van der Waals surface area contributed by atoms with Crippen LogP contribution < -0.4 is 5.73 Å². The second kappa shape index (κ2) is 4.03. The largest absolute Gasteiger partial charge is 0.369 e. The maximum atomic E-state index is 6.20. The fourth-order valence-electron chi connectivity index (χ4n) is 2.03. The van der Waals surface area contributed by atoms with Crippen molar-refractivity contribution in [1.82, 2.24) is 19.3 Å². The van der Waals surface area contributed by atoms with Gasteiger partial charge in [0.1, 0.15) is 0 Å². The average molecular weight is 262 g/mol. The molecule has 0 bridgehead atoms. The molecule has 0 fully saturated rings. The SMILES string of the molecule is Cn1ccc(Cn2c(N)nc3cccc(Cl)c32)n1. The molecule has 0 radical (unpaired) electrons. The molecule has 0 amide bonds. The number of anilines is 1. The van der Waals surface area contributed by atoms with Crippen molar-refractivity contribution in [2.45, 2.75) is 6.54 Å². The number of benzene rings is 1. The lowest BCUT2D eigenvalue weighted by atomic mass is 10.3. The van der Waals surface area contributed by atoms with Gasteiger partial charge in [0.15, 0.2) is 0 Å². The summed E-state index contributed by atoms with van der Waals surface area (Å²) >= 11 is 6.20. The number of para-hydroxylation sites is 1. The van der Waals surface area contributed by atoms with Crippen LogP contribution in [-0.2, 0) is 13.6 Å². The normalized spacial score (nSPS) is 11.2. The van der Waals surface area contributed by atoms with Crippen molar-refractivity contribution in [1.29, 1.82) is 0 Å². The van der Waals surface area contributed by atoms with Crippen molar-refractivity contribution in [2.24, 2.45) is 7.05 Å². The Kier molecular flexibility index (Phi) is 2.48. The molecule has 3 rings (SSSR count). The molecule has 3 aromatic rings. The van der Waals surface area contributed by atoms with Crippen molar-refractivity contribution in [2.75, 3.05) is 5.73 Å². The molecule has 6 heteroatoms. The Bertz CT molecular complexity index is 712. The summed E-state index contributed by atoms with van der Waals surface area (Å²) in [6.07, 6.45) is 1.90. The first-order chi connectivity index (χ1) is 8.65. The van der Waals surface area contributed by atoms with E-state index in [2.05, 4.69) is 10.1 Å². The first-order valence-corrected chi connectivity index (χ1v) is 5.91. The van der Waals surface area contributed by atoms with Crippen molar-refractivity contribution < 1.29 is 0 Å². The zero-order valence-corrected chi connectivity index (χ0v) is 10.6. The lowest BCUT2D eigenvalue weighted by Crippen LogP contribution is -2.05. The molecule has 0 aliphatic rings. The third-order valence-electron chi connectivity index (χ3n) is 2.84. The zero-order valence-electron chi connectivity index (χ0n) is 9.84. The minimum atomic E-state index is 0.448. The third kappa shape index (κ3) is 1.73. The second-order valence-electron chi connectivity index (χ2n) is 4.14. The van der Waals surface area contributed by atoms with Gasteiger partial charge < -0.3 is 10.3 Å². The van der Waals surface area contributed by atoms with Gasteiger partial charge in [0.25, 0.3) is 0 Å². The van der Waals surface area contributed by atoms with Gasteiger partial charge in [-0.15, -0.1) is 0 Å². The number of rotatable bonds is 2. The molecule has 0 aliphatic carbocycles. The molecule has 2 heterocycles. The topological polar surface area (TPSA) is 61.7 Å². The molecular formula is C12H12ClN5. The van der Waals surface area contributed by atoms with E-state index in [0.717, 1.165) is 16.7 Å². The Morgan fingerprint density at radius 3 is 2.89 bits per heavy atom. The Hall–Kier alpha value is -2.01. The maximum Gasteiger partial charge on any atom is 0.201 e. The number of aromatic nitrogens is 4. The van der Waals surface area contributed by atoms with E-state index in [1.807, 2.05) is 42.1 Å². The van der Waals surface area contributed by atoms with E-state index in [1.54, 1.807) is 4.68 Å². The number of aryl methyl sites for hydroxylation is 1. The van der Waals surface area contributed by atoms with Crippen molar-refractivity contribution >= 4 is 28.6 Å². The minimum Gasteiger partial charge on any atom is -0.369 e. The third-order valence-corrected chi connectivity index (χ3v) is 3.14. The highest BCUT2D eigenvalue weighted by atomic mass is 35.5. The Balaban J connectivity index is 2.13. The molecule has 0 unspecified atom stereocenters. The van der Waals surface area contributed by atoms with Gasteiger partial charge in [0, 0.05) is 13.2 Å². The van der Waals surface area contributed by atoms with Crippen molar-refractivity contribution in [3.05, 3.63) is 41.2 Å². The van der Waals surface area contributed by atoms with E-state index in [0.29, 0.717) is 17.5 Å². The highest BCUT2D eigenvalue weighted by Gasteiger charge is 2.12. The Morgan fingerprint density at radius 2 is 2.17 bits per heavy atom. The van der Waals surface area contributed by atoms with Gasteiger partial charge in [0.05, 0.1) is 28.3 Å². The predicted molar refractivity (Wildman–Crippen MR) is 71.5 cm³/mol. The molecule has 2 aromatic heterocycles. The molecule has 0 aliphatic heterocycles. The van der Waals surface area contributed by atoms with Gasteiger partial charge >= 0.3 is 0 Å². The molecule has 0 saturated carbocycles. The van der Waals surface area contributed by atoms with E-state index in [4.69, 9.17) is 17.3 Å². The van der Waals surface area contributed by atoms with Gasteiger partial charge in [-0.05, 0) is 18.2 Å². The van der Waals surface area contributed by atoms with Crippen LogP contribution in [0.2, 0.25) is 5.02 Å². The highest BCUT2D eigenvalue weighted by Crippen LogP contribution is 2.26. The van der Waals surface area contributed by atoms with Gasteiger partial charge in [-0.25, -0.2) is 4.98 Å². The number of imidazole rings is 1. The number of fused-ring (bicyclic) bond motifs is 1. The summed E-state index contributed by atoms with van der Waals surface area (Å²) < 4.78 is 3.63. The number of nitrogens with zero attached hydrogens (tertiary/aromatic N) is 4. The summed E-state index contributed by atoms with van der Waals surface area (Å²) in [6.45, 7) is 0.562. The van der Waals surface area contributed by atoms with Crippen molar-refractivity contribution in [3.8, 4) is 0 Å². The summed E-state index contributed by atoms with van der Waals surface area (Å²) in [4.78, 5) is 4.30. The van der Waals surface area contributed by atoms with Crippen molar-refractivity contribution in [3.63, 3.8) is 0 Å². The van der Waals surface area contributed by atoms with E-state index < -0.39 is 0 Å². The zero-order chi connectivity index (χ0) is 12.7. The quantitative estimate of drug-likeness (QED) is 0.768.